The third-order valence-electron chi connectivity index (χ3n) is 7.81. The van der Waals surface area contributed by atoms with E-state index in [1.807, 2.05) is 0 Å². The van der Waals surface area contributed by atoms with Crippen LogP contribution in [0.25, 0.3) is 0 Å². The molecule has 2 bridgehead atoms. The van der Waals surface area contributed by atoms with Crippen molar-refractivity contribution in [1.82, 2.24) is 25.1 Å². The zero-order chi connectivity index (χ0) is 23.2. The van der Waals surface area contributed by atoms with Crippen LogP contribution in [0.4, 0.5) is 5.95 Å². The lowest BCUT2D eigenvalue weighted by Crippen LogP contribution is -2.56. The minimum Gasteiger partial charge on any atom is -0.387 e. The second kappa shape index (κ2) is 11.6. The van der Waals surface area contributed by atoms with Crippen LogP contribution in [0.3, 0.4) is 0 Å². The van der Waals surface area contributed by atoms with Gasteiger partial charge < -0.3 is 20.2 Å². The van der Waals surface area contributed by atoms with Crippen molar-refractivity contribution in [3.63, 3.8) is 0 Å². The van der Waals surface area contributed by atoms with Crippen molar-refractivity contribution in [3.05, 3.63) is 18.0 Å². The van der Waals surface area contributed by atoms with E-state index in [-0.39, 0.29) is 5.91 Å². The largest absolute Gasteiger partial charge is 0.387 e. The van der Waals surface area contributed by atoms with Crippen LogP contribution in [-0.4, -0.2) is 94.8 Å². The summed E-state index contributed by atoms with van der Waals surface area (Å²) in [6.45, 7) is 10.5. The predicted octanol–water partition coefficient (Wildman–Crippen LogP) is 2.00. The molecule has 0 spiro atoms. The normalized spacial score (nSPS) is 24.5. The first-order valence-electron chi connectivity index (χ1n) is 13.0. The molecule has 3 fully saturated rings. The molecule has 184 valence electrons. The van der Waals surface area contributed by atoms with Crippen molar-refractivity contribution >= 4 is 11.9 Å². The number of fused-ring (bicyclic) bond motifs is 2. The van der Waals surface area contributed by atoms with Gasteiger partial charge in [0.25, 0.3) is 0 Å². The number of likely N-dealkylation sites (tertiary alicyclic amines) is 2. The summed E-state index contributed by atoms with van der Waals surface area (Å²) in [6.07, 6.45) is 12.3. The summed E-state index contributed by atoms with van der Waals surface area (Å²) >= 11 is 0. The Kier molecular flexibility index (Phi) is 8.55. The Bertz CT molecular complexity index is 736. The van der Waals surface area contributed by atoms with Crippen molar-refractivity contribution in [2.75, 3.05) is 50.8 Å². The number of piperazine rings is 1. The van der Waals surface area contributed by atoms with Crippen LogP contribution in [0.2, 0.25) is 0 Å². The number of carbonyl (C=O) groups excluding carboxylic acids is 1. The van der Waals surface area contributed by atoms with Crippen LogP contribution in [0, 0.1) is 0 Å². The zero-order valence-electron chi connectivity index (χ0n) is 20.5. The lowest BCUT2D eigenvalue weighted by molar-refractivity contribution is -0.123. The number of piperidine rings is 1. The summed E-state index contributed by atoms with van der Waals surface area (Å²) in [4.78, 5) is 28.4. The number of aliphatic hydroxyl groups is 1. The van der Waals surface area contributed by atoms with Crippen molar-refractivity contribution in [3.8, 4) is 0 Å². The van der Waals surface area contributed by atoms with Gasteiger partial charge in [0.1, 0.15) is 6.61 Å². The molecule has 0 aliphatic carbocycles. The molecule has 4 rings (SSSR count). The van der Waals surface area contributed by atoms with Gasteiger partial charge in [-0.3, -0.25) is 9.69 Å². The van der Waals surface area contributed by atoms with E-state index >= 15 is 0 Å². The Morgan fingerprint density at radius 3 is 2.33 bits per heavy atom. The van der Waals surface area contributed by atoms with Gasteiger partial charge in [0, 0.05) is 50.2 Å². The molecule has 2 atom stereocenters. The molecule has 0 aromatic carbocycles. The molecule has 1 amide bonds. The van der Waals surface area contributed by atoms with E-state index in [4.69, 9.17) is 15.1 Å². The Morgan fingerprint density at radius 2 is 1.73 bits per heavy atom. The molecule has 3 aliphatic heterocycles. The number of aliphatic hydroxyl groups excluding tert-OH is 1. The molecule has 3 saturated heterocycles. The highest BCUT2D eigenvalue weighted by Crippen LogP contribution is 2.34. The fourth-order valence-electron chi connectivity index (χ4n) is 5.77. The first-order chi connectivity index (χ1) is 16.0. The molecule has 0 saturated carbocycles. The van der Waals surface area contributed by atoms with E-state index < -0.39 is 6.61 Å². The SMILES string of the molecule is CC(C)N1CC2CCC(C1)N2c1ncc(C2CCN(CCCCCNC(=O)CO)CC2)cn1. The highest BCUT2D eigenvalue weighted by atomic mass is 16.3. The number of unbranched alkanes of at least 4 members (excludes halogenated alkanes) is 2. The molecule has 33 heavy (non-hydrogen) atoms. The topological polar surface area (TPSA) is 84.8 Å². The minimum atomic E-state index is -0.418. The van der Waals surface area contributed by atoms with Crippen molar-refractivity contribution in [1.29, 1.82) is 0 Å². The summed E-state index contributed by atoms with van der Waals surface area (Å²) in [6, 6.07) is 1.74. The minimum absolute atomic E-state index is 0.282. The van der Waals surface area contributed by atoms with Crippen molar-refractivity contribution in [2.24, 2.45) is 0 Å². The second-order valence-corrected chi connectivity index (χ2v) is 10.3. The van der Waals surface area contributed by atoms with E-state index in [2.05, 4.69) is 46.3 Å². The van der Waals surface area contributed by atoms with E-state index in [1.165, 1.54) is 31.2 Å². The van der Waals surface area contributed by atoms with Crippen LogP contribution < -0.4 is 10.2 Å². The molecule has 3 aliphatic rings. The Balaban J connectivity index is 1.18. The summed E-state index contributed by atoms with van der Waals surface area (Å²) in [5.41, 5.74) is 1.30. The number of aromatic nitrogens is 2. The van der Waals surface area contributed by atoms with Crippen LogP contribution in [0.15, 0.2) is 12.4 Å². The fourth-order valence-corrected chi connectivity index (χ4v) is 5.77. The molecular formula is C25H42N6O2. The number of hydrogen-bond acceptors (Lipinski definition) is 7. The molecule has 1 aromatic rings. The Hall–Kier alpha value is -1.77. The molecule has 1 aromatic heterocycles. The van der Waals surface area contributed by atoms with Gasteiger partial charge in [0.05, 0.1) is 0 Å². The van der Waals surface area contributed by atoms with Gasteiger partial charge in [-0.2, -0.15) is 0 Å². The molecule has 2 N–H and O–H groups in total. The number of nitrogens with zero attached hydrogens (tertiary/aromatic N) is 5. The number of hydrogen-bond donors (Lipinski definition) is 2. The number of nitrogens with one attached hydrogen (secondary N) is 1. The highest BCUT2D eigenvalue weighted by molar-refractivity contribution is 5.76. The molecule has 8 nitrogen and oxygen atoms in total. The first kappa shape index (κ1) is 24.4. The second-order valence-electron chi connectivity index (χ2n) is 10.3. The molecular weight excluding hydrogens is 416 g/mol. The van der Waals surface area contributed by atoms with Gasteiger partial charge in [0.2, 0.25) is 11.9 Å². The molecule has 2 unspecified atom stereocenters. The Labute approximate surface area is 198 Å². The maximum absolute atomic E-state index is 11.0. The summed E-state index contributed by atoms with van der Waals surface area (Å²) < 4.78 is 0. The number of anilines is 1. The molecule has 0 radical (unpaired) electrons. The zero-order valence-corrected chi connectivity index (χ0v) is 20.5. The lowest BCUT2D eigenvalue weighted by atomic mass is 9.91. The maximum Gasteiger partial charge on any atom is 0.245 e. The van der Waals surface area contributed by atoms with Gasteiger partial charge in [-0.15, -0.1) is 0 Å². The van der Waals surface area contributed by atoms with Crippen LogP contribution >= 0.6 is 0 Å². The molecule has 8 heteroatoms. The number of rotatable bonds is 10. The van der Waals surface area contributed by atoms with Gasteiger partial charge in [0.15, 0.2) is 0 Å². The van der Waals surface area contributed by atoms with Crippen LogP contribution in [-0.2, 0) is 4.79 Å². The van der Waals surface area contributed by atoms with Gasteiger partial charge >= 0.3 is 0 Å². The highest BCUT2D eigenvalue weighted by Gasteiger charge is 2.41. The lowest BCUT2D eigenvalue weighted by Gasteiger charge is -2.42. The third-order valence-corrected chi connectivity index (χ3v) is 7.81. The van der Waals surface area contributed by atoms with Crippen molar-refractivity contribution < 1.29 is 9.90 Å². The van der Waals surface area contributed by atoms with E-state index in [9.17, 15) is 4.79 Å². The van der Waals surface area contributed by atoms with Crippen LogP contribution in [0.5, 0.6) is 0 Å². The summed E-state index contributed by atoms with van der Waals surface area (Å²) in [5.74, 6) is 1.22. The predicted molar refractivity (Wildman–Crippen MR) is 130 cm³/mol. The number of amides is 1. The standard InChI is InChI=1S/C25H42N6O2/c1-19(2)30-16-22-6-7-23(17-30)31(22)25-27-14-21(15-28-25)20-8-12-29(13-9-20)11-5-3-4-10-26-24(33)18-32/h14-15,19-20,22-23,32H,3-13,16-18H2,1-2H3,(H,26,33). The molecule has 4 heterocycles. The van der Waals surface area contributed by atoms with E-state index in [1.54, 1.807) is 0 Å². The summed E-state index contributed by atoms with van der Waals surface area (Å²) in [5, 5.41) is 11.4. The smallest absolute Gasteiger partial charge is 0.245 e. The quantitative estimate of drug-likeness (QED) is 0.519. The average molecular weight is 459 g/mol. The van der Waals surface area contributed by atoms with Crippen molar-refractivity contribution in [2.45, 2.75) is 82.8 Å². The van der Waals surface area contributed by atoms with Gasteiger partial charge in [-0.25, -0.2) is 9.97 Å². The van der Waals surface area contributed by atoms with Crippen LogP contribution in [0.1, 0.15) is 70.3 Å². The fraction of sp³-hybridized carbons (Fsp3) is 0.800. The number of carbonyl (C=O) groups is 1. The monoisotopic (exact) mass is 458 g/mol. The Morgan fingerprint density at radius 1 is 1.06 bits per heavy atom. The average Bonchev–Trinajstić information content (AvgIpc) is 3.10. The first-order valence-corrected chi connectivity index (χ1v) is 13.0. The summed E-state index contributed by atoms with van der Waals surface area (Å²) in [7, 11) is 0. The maximum atomic E-state index is 11.0. The van der Waals surface area contributed by atoms with E-state index in [0.717, 1.165) is 57.9 Å². The van der Waals surface area contributed by atoms with Gasteiger partial charge in [-0.05, 0) is 83.5 Å². The third kappa shape index (κ3) is 6.22. The van der Waals surface area contributed by atoms with Gasteiger partial charge in [-0.1, -0.05) is 6.42 Å². The van der Waals surface area contributed by atoms with E-state index in [0.29, 0.717) is 30.6 Å².